The highest BCUT2D eigenvalue weighted by molar-refractivity contribution is 5.98. The molecule has 1 aliphatic rings. The lowest BCUT2D eigenvalue weighted by Gasteiger charge is -2.11. The Bertz CT molecular complexity index is 1050. The number of pyridine rings is 3. The van der Waals surface area contributed by atoms with E-state index in [0.717, 1.165) is 34.3 Å². The van der Waals surface area contributed by atoms with Gasteiger partial charge in [0.2, 0.25) is 5.91 Å². The summed E-state index contributed by atoms with van der Waals surface area (Å²) in [6.07, 6.45) is 3.46. The second-order valence-electron chi connectivity index (χ2n) is 6.87. The first-order valence-electron chi connectivity index (χ1n) is 8.93. The molecule has 0 bridgehead atoms. The SMILES string of the molecule is CCc1cc(C)ncc1-c1cc2cc(NC(=O)[C@@H]3C[C@@H]3F)ncc2c(N)n1. The molecule has 1 fully saturated rings. The van der Waals surface area contributed by atoms with Crippen molar-refractivity contribution in [3.63, 3.8) is 0 Å². The lowest BCUT2D eigenvalue weighted by molar-refractivity contribution is -0.117. The van der Waals surface area contributed by atoms with Crippen LogP contribution in [0.5, 0.6) is 0 Å². The number of alkyl halides is 1. The van der Waals surface area contributed by atoms with Gasteiger partial charge in [0.25, 0.3) is 0 Å². The number of aryl methyl sites for hydroxylation is 2. The molecule has 1 saturated carbocycles. The molecule has 0 spiro atoms. The zero-order valence-corrected chi connectivity index (χ0v) is 15.2. The number of fused-ring (bicyclic) bond motifs is 1. The Labute approximate surface area is 156 Å². The minimum atomic E-state index is -1.04. The van der Waals surface area contributed by atoms with Crippen molar-refractivity contribution in [2.45, 2.75) is 32.9 Å². The highest BCUT2D eigenvalue weighted by Gasteiger charge is 2.43. The molecule has 1 amide bonds. The summed E-state index contributed by atoms with van der Waals surface area (Å²) in [5.74, 6) is -0.165. The maximum absolute atomic E-state index is 13.1. The van der Waals surface area contributed by atoms with Gasteiger partial charge in [-0.25, -0.2) is 14.4 Å². The van der Waals surface area contributed by atoms with Gasteiger partial charge in [-0.3, -0.25) is 9.78 Å². The molecule has 3 heterocycles. The smallest absolute Gasteiger partial charge is 0.231 e. The molecule has 2 atom stereocenters. The maximum Gasteiger partial charge on any atom is 0.231 e. The molecular weight excluding hydrogens is 345 g/mol. The summed E-state index contributed by atoms with van der Waals surface area (Å²) in [4.78, 5) is 25.0. The predicted octanol–water partition coefficient (Wildman–Crippen LogP) is 3.44. The highest BCUT2D eigenvalue weighted by Crippen LogP contribution is 2.35. The molecule has 7 heteroatoms. The van der Waals surface area contributed by atoms with Gasteiger partial charge in [-0.15, -0.1) is 0 Å². The second kappa shape index (κ2) is 6.57. The number of aromatic nitrogens is 3. The second-order valence-corrected chi connectivity index (χ2v) is 6.87. The van der Waals surface area contributed by atoms with Crippen LogP contribution < -0.4 is 11.1 Å². The van der Waals surface area contributed by atoms with Crippen LogP contribution >= 0.6 is 0 Å². The van der Waals surface area contributed by atoms with E-state index in [4.69, 9.17) is 5.73 Å². The number of hydrogen-bond acceptors (Lipinski definition) is 5. The zero-order valence-electron chi connectivity index (χ0n) is 15.2. The van der Waals surface area contributed by atoms with Gasteiger partial charge in [-0.2, -0.15) is 0 Å². The summed E-state index contributed by atoms with van der Waals surface area (Å²) >= 11 is 0. The van der Waals surface area contributed by atoms with Crippen molar-refractivity contribution in [1.82, 2.24) is 15.0 Å². The van der Waals surface area contributed by atoms with Gasteiger partial charge in [0.05, 0.1) is 11.6 Å². The summed E-state index contributed by atoms with van der Waals surface area (Å²) in [5.41, 5.74) is 9.87. The predicted molar refractivity (Wildman–Crippen MR) is 103 cm³/mol. The number of nitrogen functional groups attached to an aromatic ring is 1. The fourth-order valence-corrected chi connectivity index (χ4v) is 3.17. The topological polar surface area (TPSA) is 93.8 Å². The van der Waals surface area contributed by atoms with E-state index in [1.807, 2.05) is 19.1 Å². The molecule has 4 rings (SSSR count). The third-order valence-corrected chi connectivity index (χ3v) is 4.83. The molecule has 6 nitrogen and oxygen atoms in total. The van der Waals surface area contributed by atoms with Gasteiger partial charge >= 0.3 is 0 Å². The molecule has 3 aromatic rings. The number of nitrogens with zero attached hydrogens (tertiary/aromatic N) is 3. The van der Waals surface area contributed by atoms with Gasteiger partial charge in [0.15, 0.2) is 0 Å². The van der Waals surface area contributed by atoms with Gasteiger partial charge in [-0.1, -0.05) is 6.92 Å². The number of rotatable bonds is 4. The van der Waals surface area contributed by atoms with Crippen LogP contribution in [-0.2, 0) is 11.2 Å². The molecule has 0 unspecified atom stereocenters. The van der Waals surface area contributed by atoms with Crippen LogP contribution in [0.3, 0.4) is 0 Å². The Morgan fingerprint density at radius 3 is 2.78 bits per heavy atom. The van der Waals surface area contributed by atoms with Crippen LogP contribution in [0.4, 0.5) is 16.0 Å². The number of halogens is 1. The number of nitrogens with two attached hydrogens (primary N) is 1. The van der Waals surface area contributed by atoms with Crippen LogP contribution in [0.2, 0.25) is 0 Å². The molecule has 3 N–H and O–H groups in total. The van der Waals surface area contributed by atoms with Gasteiger partial charge in [0.1, 0.15) is 17.8 Å². The van der Waals surface area contributed by atoms with Crippen molar-refractivity contribution in [3.8, 4) is 11.3 Å². The lowest BCUT2D eigenvalue weighted by atomic mass is 10.0. The van der Waals surface area contributed by atoms with Gasteiger partial charge in [-0.05, 0) is 48.9 Å². The lowest BCUT2D eigenvalue weighted by Crippen LogP contribution is -2.15. The van der Waals surface area contributed by atoms with E-state index < -0.39 is 12.1 Å². The van der Waals surface area contributed by atoms with Gasteiger partial charge < -0.3 is 11.1 Å². The molecule has 138 valence electrons. The molecule has 0 saturated heterocycles. The first-order chi connectivity index (χ1) is 13.0. The Balaban J connectivity index is 1.74. The maximum atomic E-state index is 13.1. The van der Waals surface area contributed by atoms with Crippen molar-refractivity contribution >= 4 is 28.3 Å². The third kappa shape index (κ3) is 3.32. The van der Waals surface area contributed by atoms with Crippen molar-refractivity contribution in [1.29, 1.82) is 0 Å². The summed E-state index contributed by atoms with van der Waals surface area (Å²) < 4.78 is 13.1. The van der Waals surface area contributed by atoms with E-state index in [1.54, 1.807) is 18.5 Å². The van der Waals surface area contributed by atoms with Crippen LogP contribution in [-0.4, -0.2) is 27.0 Å². The van der Waals surface area contributed by atoms with Crippen molar-refractivity contribution in [3.05, 3.63) is 41.9 Å². The standard InChI is InChI=1S/C20H20FN5O/c1-3-11-4-10(2)23-8-14(11)17-5-12-6-18(24-9-15(12)19(22)25-17)26-20(27)13-7-16(13)21/h4-6,8-9,13,16H,3,7H2,1-2H3,(H2,22,25)(H,24,26,27)/t13-,16+/m1/s1. The number of amides is 1. The molecular formula is C20H20FN5O. The van der Waals surface area contributed by atoms with Crippen molar-refractivity contribution in [2.24, 2.45) is 5.92 Å². The molecule has 0 radical (unpaired) electrons. The Morgan fingerprint density at radius 1 is 1.30 bits per heavy atom. The number of hydrogen-bond donors (Lipinski definition) is 2. The van der Waals surface area contributed by atoms with Crippen LogP contribution in [0, 0.1) is 12.8 Å². The largest absolute Gasteiger partial charge is 0.383 e. The monoisotopic (exact) mass is 365 g/mol. The van der Waals surface area contributed by atoms with E-state index in [1.165, 1.54) is 0 Å². The highest BCUT2D eigenvalue weighted by atomic mass is 19.1. The van der Waals surface area contributed by atoms with E-state index in [0.29, 0.717) is 17.0 Å². The minimum Gasteiger partial charge on any atom is -0.383 e. The average molecular weight is 365 g/mol. The summed E-state index contributed by atoms with van der Waals surface area (Å²) in [7, 11) is 0. The molecule has 27 heavy (non-hydrogen) atoms. The van der Waals surface area contributed by atoms with Crippen LogP contribution in [0.1, 0.15) is 24.6 Å². The quantitative estimate of drug-likeness (QED) is 0.739. The summed E-state index contributed by atoms with van der Waals surface area (Å²) in [6.45, 7) is 4.03. The fourth-order valence-electron chi connectivity index (χ4n) is 3.17. The minimum absolute atomic E-state index is 0.278. The summed E-state index contributed by atoms with van der Waals surface area (Å²) in [6, 6.07) is 5.68. The van der Waals surface area contributed by atoms with Crippen molar-refractivity contribution in [2.75, 3.05) is 11.1 Å². The molecule has 0 aliphatic heterocycles. The fraction of sp³-hybridized carbons (Fsp3) is 0.300. The van der Waals surface area contributed by atoms with E-state index in [-0.39, 0.29) is 12.3 Å². The molecule has 3 aromatic heterocycles. The van der Waals surface area contributed by atoms with E-state index in [9.17, 15) is 9.18 Å². The third-order valence-electron chi connectivity index (χ3n) is 4.83. The Hall–Kier alpha value is -3.09. The number of carbonyl (C=O) groups is 1. The number of carbonyl (C=O) groups excluding carboxylic acids is 1. The first kappa shape index (κ1) is 17.3. The van der Waals surface area contributed by atoms with E-state index >= 15 is 0 Å². The molecule has 0 aromatic carbocycles. The summed E-state index contributed by atoms with van der Waals surface area (Å²) in [5, 5.41) is 4.17. The first-order valence-corrected chi connectivity index (χ1v) is 8.93. The average Bonchev–Trinajstić information content (AvgIpc) is 3.38. The molecule has 1 aliphatic carbocycles. The Kier molecular flexibility index (Phi) is 4.22. The zero-order chi connectivity index (χ0) is 19.1. The van der Waals surface area contributed by atoms with Gasteiger partial charge in [0, 0.05) is 29.0 Å². The van der Waals surface area contributed by atoms with Crippen LogP contribution in [0.15, 0.2) is 30.6 Å². The number of anilines is 2. The van der Waals surface area contributed by atoms with Crippen LogP contribution in [0.25, 0.3) is 22.0 Å². The Morgan fingerprint density at radius 2 is 2.07 bits per heavy atom. The number of nitrogens with one attached hydrogen (secondary N) is 1. The normalized spacial score (nSPS) is 18.5. The van der Waals surface area contributed by atoms with E-state index in [2.05, 4.69) is 27.2 Å². The van der Waals surface area contributed by atoms with Crippen molar-refractivity contribution < 1.29 is 9.18 Å².